The second kappa shape index (κ2) is 3.75. The third-order valence-electron chi connectivity index (χ3n) is 2.34. The normalized spacial score (nSPS) is 11.6. The number of aromatic nitrogens is 2. The average molecular weight is 179 g/mol. The zero-order valence-corrected chi connectivity index (χ0v) is 8.33. The number of nitrogens with two attached hydrogens (primary N) is 1. The van der Waals surface area contributed by atoms with E-state index in [0.717, 1.165) is 6.42 Å². The van der Waals surface area contributed by atoms with Crippen LogP contribution in [0.1, 0.15) is 25.8 Å². The van der Waals surface area contributed by atoms with Crippen molar-refractivity contribution in [1.82, 2.24) is 9.78 Å². The number of hydrogen-bond donors (Lipinski definition) is 1. The van der Waals surface area contributed by atoms with Gasteiger partial charge in [0.2, 0.25) is 0 Å². The molecule has 0 spiro atoms. The van der Waals surface area contributed by atoms with E-state index in [1.165, 1.54) is 5.56 Å². The van der Waals surface area contributed by atoms with Crippen molar-refractivity contribution in [1.29, 1.82) is 0 Å². The molecule has 2 N–H and O–H groups in total. The predicted molar refractivity (Wildman–Crippen MR) is 55.3 cm³/mol. The molecule has 1 aromatic heterocycles. The van der Waals surface area contributed by atoms with Gasteiger partial charge in [0.25, 0.3) is 0 Å². The van der Waals surface area contributed by atoms with Crippen LogP contribution in [0.2, 0.25) is 0 Å². The van der Waals surface area contributed by atoms with Gasteiger partial charge in [-0.2, -0.15) is 5.10 Å². The maximum Gasteiger partial charge on any atom is 0.0531 e. The second-order valence-corrected chi connectivity index (χ2v) is 3.81. The highest BCUT2D eigenvalue weighted by Crippen LogP contribution is 2.25. The smallest absolute Gasteiger partial charge is 0.0531 e. The molecule has 3 nitrogen and oxygen atoms in total. The molecule has 0 amide bonds. The summed E-state index contributed by atoms with van der Waals surface area (Å²) >= 11 is 0. The monoisotopic (exact) mass is 179 g/mol. The van der Waals surface area contributed by atoms with Crippen LogP contribution in [0.3, 0.4) is 0 Å². The topological polar surface area (TPSA) is 43.8 Å². The Morgan fingerprint density at radius 1 is 1.69 bits per heavy atom. The summed E-state index contributed by atoms with van der Waals surface area (Å²) in [6.45, 7) is 8.69. The summed E-state index contributed by atoms with van der Waals surface area (Å²) < 4.78 is 1.72. The molecule has 0 fully saturated rings. The van der Waals surface area contributed by atoms with Gasteiger partial charge in [-0.3, -0.25) is 0 Å². The fraction of sp³-hybridized carbons (Fsp3) is 0.500. The fourth-order valence-corrected chi connectivity index (χ4v) is 1.29. The van der Waals surface area contributed by atoms with E-state index < -0.39 is 0 Å². The Kier molecular flexibility index (Phi) is 2.88. The third kappa shape index (κ3) is 2.18. The van der Waals surface area contributed by atoms with Crippen molar-refractivity contribution in [3.8, 4) is 0 Å². The molecule has 0 aliphatic carbocycles. The van der Waals surface area contributed by atoms with Gasteiger partial charge in [0.05, 0.1) is 6.20 Å². The van der Waals surface area contributed by atoms with Crippen LogP contribution in [-0.4, -0.2) is 16.3 Å². The molecule has 0 radical (unpaired) electrons. The Hall–Kier alpha value is -1.09. The Bertz CT molecular complexity index is 286. The maximum absolute atomic E-state index is 5.54. The SMILES string of the molecule is C=Cn1cc(C(C)(C)CCN)cn1. The molecule has 1 aromatic rings. The highest BCUT2D eigenvalue weighted by Gasteiger charge is 2.20. The van der Waals surface area contributed by atoms with E-state index in [2.05, 4.69) is 25.5 Å². The molecule has 0 saturated heterocycles. The van der Waals surface area contributed by atoms with E-state index >= 15 is 0 Å². The first-order valence-electron chi connectivity index (χ1n) is 4.47. The zero-order chi connectivity index (χ0) is 9.90. The molecule has 72 valence electrons. The minimum Gasteiger partial charge on any atom is -0.330 e. The van der Waals surface area contributed by atoms with Crippen molar-refractivity contribution in [2.24, 2.45) is 5.73 Å². The van der Waals surface area contributed by atoms with E-state index in [-0.39, 0.29) is 5.41 Å². The van der Waals surface area contributed by atoms with E-state index in [1.54, 1.807) is 10.9 Å². The van der Waals surface area contributed by atoms with Crippen LogP contribution in [0.25, 0.3) is 6.20 Å². The van der Waals surface area contributed by atoms with Gasteiger partial charge in [-0.25, -0.2) is 4.68 Å². The fourth-order valence-electron chi connectivity index (χ4n) is 1.29. The summed E-state index contributed by atoms with van der Waals surface area (Å²) in [6.07, 6.45) is 6.51. The van der Waals surface area contributed by atoms with E-state index in [9.17, 15) is 0 Å². The summed E-state index contributed by atoms with van der Waals surface area (Å²) in [5.74, 6) is 0. The molecule has 13 heavy (non-hydrogen) atoms. The quantitative estimate of drug-likeness (QED) is 0.763. The molecule has 0 bridgehead atoms. The van der Waals surface area contributed by atoms with Crippen molar-refractivity contribution in [3.63, 3.8) is 0 Å². The van der Waals surface area contributed by atoms with Gasteiger partial charge < -0.3 is 5.73 Å². The average Bonchev–Trinajstić information content (AvgIpc) is 2.52. The van der Waals surface area contributed by atoms with Crippen molar-refractivity contribution < 1.29 is 0 Å². The largest absolute Gasteiger partial charge is 0.330 e. The van der Waals surface area contributed by atoms with Crippen molar-refractivity contribution in [3.05, 3.63) is 24.5 Å². The Morgan fingerprint density at radius 3 is 2.85 bits per heavy atom. The molecule has 0 aliphatic rings. The van der Waals surface area contributed by atoms with Crippen molar-refractivity contribution >= 4 is 6.20 Å². The molecule has 1 heterocycles. The van der Waals surface area contributed by atoms with Crippen molar-refractivity contribution in [2.45, 2.75) is 25.7 Å². The summed E-state index contributed by atoms with van der Waals surface area (Å²) in [5.41, 5.74) is 6.86. The molecule has 1 rings (SSSR count). The molecule has 0 atom stereocenters. The lowest BCUT2D eigenvalue weighted by atomic mass is 9.83. The summed E-state index contributed by atoms with van der Waals surface area (Å²) in [4.78, 5) is 0. The van der Waals surface area contributed by atoms with Gasteiger partial charge in [0.1, 0.15) is 0 Å². The van der Waals surface area contributed by atoms with Gasteiger partial charge in [-0.05, 0) is 23.9 Å². The molecular weight excluding hydrogens is 162 g/mol. The molecule has 0 saturated carbocycles. The highest BCUT2D eigenvalue weighted by atomic mass is 15.2. The number of hydrogen-bond acceptors (Lipinski definition) is 2. The molecule has 0 aliphatic heterocycles. The second-order valence-electron chi connectivity index (χ2n) is 3.81. The van der Waals surface area contributed by atoms with E-state index in [1.807, 2.05) is 12.4 Å². The first-order chi connectivity index (χ1) is 6.10. The molecule has 0 aromatic carbocycles. The lowest BCUT2D eigenvalue weighted by Gasteiger charge is -2.21. The number of rotatable bonds is 4. The van der Waals surface area contributed by atoms with Crippen LogP contribution in [0.15, 0.2) is 19.0 Å². The highest BCUT2D eigenvalue weighted by molar-refractivity contribution is 5.23. The Labute approximate surface area is 79.2 Å². The van der Waals surface area contributed by atoms with Crippen LogP contribution in [0.4, 0.5) is 0 Å². The third-order valence-corrected chi connectivity index (χ3v) is 2.34. The molecular formula is C10H17N3. The standard InChI is InChI=1S/C10H17N3/c1-4-13-8-9(7-12-13)10(2,3)5-6-11/h4,7-8H,1,5-6,11H2,2-3H3. The van der Waals surface area contributed by atoms with E-state index in [4.69, 9.17) is 5.73 Å². The van der Waals surface area contributed by atoms with Crippen LogP contribution in [0.5, 0.6) is 0 Å². The Balaban J connectivity index is 2.86. The first-order valence-corrected chi connectivity index (χ1v) is 4.47. The molecule has 3 heteroatoms. The van der Waals surface area contributed by atoms with Crippen LogP contribution < -0.4 is 5.73 Å². The van der Waals surface area contributed by atoms with Gasteiger partial charge >= 0.3 is 0 Å². The first kappa shape index (κ1) is 9.99. The lowest BCUT2D eigenvalue weighted by molar-refractivity contribution is 0.487. The van der Waals surface area contributed by atoms with Crippen LogP contribution in [-0.2, 0) is 5.41 Å². The van der Waals surface area contributed by atoms with Gasteiger partial charge in [0.15, 0.2) is 0 Å². The van der Waals surface area contributed by atoms with Gasteiger partial charge in [-0.1, -0.05) is 20.4 Å². The van der Waals surface area contributed by atoms with E-state index in [0.29, 0.717) is 6.54 Å². The van der Waals surface area contributed by atoms with Crippen molar-refractivity contribution in [2.75, 3.05) is 6.54 Å². The minimum absolute atomic E-state index is 0.107. The summed E-state index contributed by atoms with van der Waals surface area (Å²) in [7, 11) is 0. The maximum atomic E-state index is 5.54. The zero-order valence-electron chi connectivity index (χ0n) is 8.33. The van der Waals surface area contributed by atoms with Crippen LogP contribution in [0, 0.1) is 0 Å². The Morgan fingerprint density at radius 2 is 2.38 bits per heavy atom. The minimum atomic E-state index is 0.107. The lowest BCUT2D eigenvalue weighted by Crippen LogP contribution is -2.21. The summed E-state index contributed by atoms with van der Waals surface area (Å²) in [6, 6.07) is 0. The van der Waals surface area contributed by atoms with Gasteiger partial charge in [-0.15, -0.1) is 0 Å². The van der Waals surface area contributed by atoms with Crippen LogP contribution >= 0.6 is 0 Å². The number of nitrogens with zero attached hydrogens (tertiary/aromatic N) is 2. The molecule has 0 unspecified atom stereocenters. The summed E-state index contributed by atoms with van der Waals surface area (Å²) in [5, 5.41) is 4.14. The van der Waals surface area contributed by atoms with Gasteiger partial charge in [0, 0.05) is 12.4 Å². The predicted octanol–water partition coefficient (Wildman–Crippen LogP) is 1.61.